The second-order valence-electron chi connectivity index (χ2n) is 6.94. The van der Waals surface area contributed by atoms with Crippen molar-refractivity contribution in [3.63, 3.8) is 0 Å². The molecule has 10 heteroatoms. The fourth-order valence-corrected chi connectivity index (χ4v) is 3.69. The van der Waals surface area contributed by atoms with Crippen molar-refractivity contribution >= 4 is 5.91 Å². The molecule has 1 saturated heterocycles. The molecule has 10 nitrogen and oxygen atoms in total. The Labute approximate surface area is 162 Å². The fraction of sp³-hybridized carbons (Fsp3) is 0.611. The molecule has 0 radical (unpaired) electrons. The van der Waals surface area contributed by atoms with Crippen molar-refractivity contribution in [1.82, 2.24) is 15.5 Å². The lowest BCUT2D eigenvalue weighted by atomic mass is 10.0. The first kappa shape index (κ1) is 20.9. The number of carbonyl (C=O) groups is 1. The van der Waals surface area contributed by atoms with Gasteiger partial charge in [-0.05, 0) is 25.3 Å². The lowest BCUT2D eigenvalue weighted by molar-refractivity contribution is -0.159. The summed E-state index contributed by atoms with van der Waals surface area (Å²) in [4.78, 5) is 13.2. The van der Waals surface area contributed by atoms with E-state index in [2.05, 4.69) is 10.6 Å². The van der Waals surface area contributed by atoms with Crippen LogP contribution in [0.3, 0.4) is 0 Å². The van der Waals surface area contributed by atoms with Crippen LogP contribution in [0.1, 0.15) is 42.8 Å². The van der Waals surface area contributed by atoms with Gasteiger partial charge >= 0.3 is 0 Å². The highest BCUT2D eigenvalue weighted by molar-refractivity contribution is 5.77. The number of fused-ring (bicyclic) bond motifs is 1. The first-order chi connectivity index (χ1) is 13.4. The minimum absolute atomic E-state index is 0.0217. The smallest absolute Gasteiger partial charge is 0.257 e. The molecule has 0 bridgehead atoms. The molecule has 1 amide bonds. The zero-order valence-corrected chi connectivity index (χ0v) is 15.4. The third-order valence-electron chi connectivity index (χ3n) is 5.06. The van der Waals surface area contributed by atoms with E-state index in [0.29, 0.717) is 36.9 Å². The van der Waals surface area contributed by atoms with Crippen LogP contribution in [0.4, 0.5) is 0 Å². The topological polar surface area (TPSA) is 155 Å². The van der Waals surface area contributed by atoms with Crippen molar-refractivity contribution in [1.29, 1.82) is 0 Å². The number of piperidine rings is 1. The summed E-state index contributed by atoms with van der Waals surface area (Å²) in [6.07, 6.45) is -3.18. The largest absolute Gasteiger partial charge is 0.483 e. The van der Waals surface area contributed by atoms with Gasteiger partial charge in [0.2, 0.25) is 0 Å². The van der Waals surface area contributed by atoms with Gasteiger partial charge < -0.3 is 35.6 Å². The highest BCUT2D eigenvalue weighted by Crippen LogP contribution is 2.46. The minimum atomic E-state index is -1.24. The first-order valence-corrected chi connectivity index (χ1v) is 9.33. The summed E-state index contributed by atoms with van der Waals surface area (Å²) in [7, 11) is 0. The fourth-order valence-electron chi connectivity index (χ4n) is 3.69. The van der Waals surface area contributed by atoms with Gasteiger partial charge in [0, 0.05) is 24.3 Å². The predicted octanol–water partition coefficient (Wildman–Crippen LogP) is -1.75. The Morgan fingerprint density at radius 2 is 2.00 bits per heavy atom. The van der Waals surface area contributed by atoms with E-state index in [0.717, 1.165) is 0 Å². The molecule has 2 aliphatic heterocycles. The molecule has 1 aromatic rings. The molecule has 5 unspecified atom stereocenters. The summed E-state index contributed by atoms with van der Waals surface area (Å²) in [6.45, 7) is 0.0375. The van der Waals surface area contributed by atoms with E-state index in [9.17, 15) is 25.2 Å². The second-order valence-corrected chi connectivity index (χ2v) is 6.94. The number of aliphatic hydroxyl groups excluding tert-OH is 5. The number of nitrogens with zero attached hydrogens (tertiary/aromatic N) is 1. The van der Waals surface area contributed by atoms with Crippen LogP contribution in [-0.2, 0) is 4.79 Å². The maximum atomic E-state index is 11.8. The molecule has 2 heterocycles. The van der Waals surface area contributed by atoms with Gasteiger partial charge in [0.1, 0.15) is 30.7 Å². The standard InChI is InChI=1S/C18H27N3O7/c22-8-2-7-19-14(24)9-28-12-4-1-3-10-15(12)18(27)21(17(10)26)11-5-6-13(23)20-16(11)25/h1,3-4,11,13,16-18,20,22-23,25-27H,2,5-9H2,(H,19,24). The maximum absolute atomic E-state index is 11.8. The normalized spacial score (nSPS) is 30.1. The molecule has 0 saturated carbocycles. The number of rotatable bonds is 7. The van der Waals surface area contributed by atoms with Gasteiger partial charge in [-0.1, -0.05) is 12.1 Å². The van der Waals surface area contributed by atoms with E-state index < -0.39 is 31.0 Å². The van der Waals surface area contributed by atoms with Gasteiger partial charge in [0.15, 0.2) is 6.61 Å². The summed E-state index contributed by atoms with van der Waals surface area (Å²) >= 11 is 0. The molecule has 1 fully saturated rings. The lowest BCUT2D eigenvalue weighted by Gasteiger charge is -2.40. The van der Waals surface area contributed by atoms with E-state index in [-0.39, 0.29) is 24.9 Å². The summed E-state index contributed by atoms with van der Waals surface area (Å²) in [5.74, 6) is -0.0982. The lowest BCUT2D eigenvalue weighted by Crippen LogP contribution is -2.57. The third-order valence-corrected chi connectivity index (χ3v) is 5.06. The minimum Gasteiger partial charge on any atom is -0.483 e. The quantitative estimate of drug-likeness (QED) is 0.265. The number of benzene rings is 1. The number of hydrogen-bond donors (Lipinski definition) is 7. The van der Waals surface area contributed by atoms with Crippen LogP contribution in [0.25, 0.3) is 0 Å². The Balaban J connectivity index is 1.72. The van der Waals surface area contributed by atoms with Gasteiger partial charge in [-0.25, -0.2) is 4.90 Å². The number of hydrogen-bond acceptors (Lipinski definition) is 9. The van der Waals surface area contributed by atoms with E-state index in [1.807, 2.05) is 0 Å². The van der Waals surface area contributed by atoms with E-state index in [1.165, 1.54) is 4.90 Å². The number of aliphatic hydroxyl groups is 5. The third kappa shape index (κ3) is 4.28. The molecule has 28 heavy (non-hydrogen) atoms. The summed E-state index contributed by atoms with van der Waals surface area (Å²) in [6, 6.07) is 4.28. The zero-order valence-electron chi connectivity index (χ0n) is 15.4. The Morgan fingerprint density at radius 1 is 1.21 bits per heavy atom. The summed E-state index contributed by atoms with van der Waals surface area (Å²) in [5.41, 5.74) is 0.778. The number of carbonyl (C=O) groups excluding carboxylic acids is 1. The van der Waals surface area contributed by atoms with Crippen LogP contribution in [0, 0.1) is 0 Å². The van der Waals surface area contributed by atoms with Gasteiger partial charge in [-0.3, -0.25) is 10.1 Å². The average molecular weight is 397 g/mol. The van der Waals surface area contributed by atoms with Gasteiger partial charge in [0.05, 0.1) is 6.04 Å². The van der Waals surface area contributed by atoms with Crippen LogP contribution in [0.15, 0.2) is 18.2 Å². The first-order valence-electron chi connectivity index (χ1n) is 9.33. The highest BCUT2D eigenvalue weighted by atomic mass is 16.5. The Morgan fingerprint density at radius 3 is 2.71 bits per heavy atom. The molecular weight excluding hydrogens is 370 g/mol. The van der Waals surface area contributed by atoms with Crippen molar-refractivity contribution in [2.24, 2.45) is 0 Å². The molecule has 0 aliphatic carbocycles. The number of ether oxygens (including phenoxy) is 1. The van der Waals surface area contributed by atoms with Crippen LogP contribution in [-0.4, -0.2) is 74.6 Å². The van der Waals surface area contributed by atoms with Crippen molar-refractivity contribution in [2.75, 3.05) is 19.8 Å². The van der Waals surface area contributed by atoms with Gasteiger partial charge in [-0.15, -0.1) is 0 Å². The molecular formula is C18H27N3O7. The van der Waals surface area contributed by atoms with Crippen molar-refractivity contribution < 1.29 is 35.1 Å². The molecule has 1 aromatic carbocycles. The summed E-state index contributed by atoms with van der Waals surface area (Å²) < 4.78 is 5.55. The van der Waals surface area contributed by atoms with Crippen LogP contribution in [0.5, 0.6) is 5.75 Å². The monoisotopic (exact) mass is 397 g/mol. The van der Waals surface area contributed by atoms with Gasteiger partial charge in [-0.2, -0.15) is 0 Å². The molecule has 156 valence electrons. The second kappa shape index (κ2) is 9.14. The van der Waals surface area contributed by atoms with E-state index in [1.54, 1.807) is 18.2 Å². The Bertz CT molecular complexity index is 689. The van der Waals surface area contributed by atoms with E-state index >= 15 is 0 Å². The summed E-state index contributed by atoms with van der Waals surface area (Å²) in [5, 5.41) is 55.3. The SMILES string of the molecule is O=C(COc1cccc2c1C(O)N(C1CCC(O)NC1O)C2O)NCCCO. The average Bonchev–Trinajstić information content (AvgIpc) is 2.92. The zero-order chi connectivity index (χ0) is 20.3. The van der Waals surface area contributed by atoms with Crippen molar-refractivity contribution in [3.05, 3.63) is 29.3 Å². The molecule has 0 aromatic heterocycles. The van der Waals surface area contributed by atoms with E-state index in [4.69, 9.17) is 9.84 Å². The van der Waals surface area contributed by atoms with Crippen LogP contribution < -0.4 is 15.4 Å². The van der Waals surface area contributed by atoms with Crippen LogP contribution in [0.2, 0.25) is 0 Å². The number of amides is 1. The molecule has 0 spiro atoms. The van der Waals surface area contributed by atoms with Crippen molar-refractivity contribution in [3.8, 4) is 5.75 Å². The Kier molecular flexibility index (Phi) is 6.83. The molecule has 2 aliphatic rings. The molecule has 5 atom stereocenters. The van der Waals surface area contributed by atoms with Crippen molar-refractivity contribution in [2.45, 2.75) is 50.2 Å². The molecule has 7 N–H and O–H groups in total. The highest BCUT2D eigenvalue weighted by Gasteiger charge is 2.46. The number of nitrogens with one attached hydrogen (secondary N) is 2. The Hall–Kier alpha value is -1.79. The predicted molar refractivity (Wildman–Crippen MR) is 96.6 cm³/mol. The molecule has 3 rings (SSSR count). The maximum Gasteiger partial charge on any atom is 0.257 e. The van der Waals surface area contributed by atoms with Crippen LogP contribution >= 0.6 is 0 Å². The van der Waals surface area contributed by atoms with Gasteiger partial charge in [0.25, 0.3) is 5.91 Å².